The number of rotatable bonds is 3. The van der Waals surface area contributed by atoms with Crippen LogP contribution in [0.1, 0.15) is 25.2 Å². The predicted octanol–water partition coefficient (Wildman–Crippen LogP) is 3.65. The van der Waals surface area contributed by atoms with Gasteiger partial charge in [0, 0.05) is 25.2 Å². The van der Waals surface area contributed by atoms with E-state index in [1.165, 1.54) is 6.08 Å². The van der Waals surface area contributed by atoms with Crippen molar-refractivity contribution in [3.63, 3.8) is 0 Å². The van der Waals surface area contributed by atoms with Crippen LogP contribution in [0.3, 0.4) is 0 Å². The molecule has 0 radical (unpaired) electrons. The first-order valence-corrected chi connectivity index (χ1v) is 10.6. The van der Waals surface area contributed by atoms with Gasteiger partial charge < -0.3 is 19.0 Å². The minimum absolute atomic E-state index is 0.0602. The smallest absolute Gasteiger partial charge is 0.265 e. The standard InChI is InChI=1S/C24H23N3O4/c28-23(13-12-22-25-17-8-2-4-10-19(17)31-22)27-16-21(24(29)26-14-6-1-7-15-26)30-20-11-5-3-9-18(20)27/h2-5,8-13,21H,1,6-7,14-16H2/b13-12+. The maximum absolute atomic E-state index is 13.1. The summed E-state index contributed by atoms with van der Waals surface area (Å²) < 4.78 is 11.6. The van der Waals surface area contributed by atoms with Gasteiger partial charge in [-0.25, -0.2) is 4.98 Å². The van der Waals surface area contributed by atoms with Gasteiger partial charge in [0.05, 0.1) is 12.2 Å². The van der Waals surface area contributed by atoms with E-state index in [0.29, 0.717) is 22.9 Å². The molecule has 1 atom stereocenters. The molecule has 158 valence electrons. The maximum atomic E-state index is 13.1. The van der Waals surface area contributed by atoms with Crippen LogP contribution in [0.15, 0.2) is 59.0 Å². The van der Waals surface area contributed by atoms with Gasteiger partial charge in [-0.3, -0.25) is 9.59 Å². The van der Waals surface area contributed by atoms with Gasteiger partial charge in [0.15, 0.2) is 11.7 Å². The zero-order valence-corrected chi connectivity index (χ0v) is 17.1. The number of nitrogens with zero attached hydrogens (tertiary/aromatic N) is 3. The van der Waals surface area contributed by atoms with Crippen LogP contribution in [0.4, 0.5) is 5.69 Å². The number of ether oxygens (including phenoxy) is 1. The highest BCUT2D eigenvalue weighted by Gasteiger charge is 2.35. The second-order valence-electron chi connectivity index (χ2n) is 7.76. The number of anilines is 1. The van der Waals surface area contributed by atoms with Crippen LogP contribution in [0.2, 0.25) is 0 Å². The molecule has 0 bridgehead atoms. The van der Waals surface area contributed by atoms with Crippen molar-refractivity contribution >= 4 is 34.7 Å². The third kappa shape index (κ3) is 3.91. The summed E-state index contributed by atoms with van der Waals surface area (Å²) in [7, 11) is 0. The van der Waals surface area contributed by atoms with Crippen molar-refractivity contribution < 1.29 is 18.7 Å². The Labute approximate surface area is 179 Å². The van der Waals surface area contributed by atoms with Crippen molar-refractivity contribution in [1.82, 2.24) is 9.88 Å². The quantitative estimate of drug-likeness (QED) is 0.608. The molecule has 3 aromatic rings. The Morgan fingerprint density at radius 2 is 1.77 bits per heavy atom. The van der Waals surface area contributed by atoms with Gasteiger partial charge in [0.2, 0.25) is 5.89 Å². The van der Waals surface area contributed by atoms with Crippen molar-refractivity contribution in [1.29, 1.82) is 0 Å². The van der Waals surface area contributed by atoms with Crippen LogP contribution in [-0.2, 0) is 9.59 Å². The van der Waals surface area contributed by atoms with Crippen LogP contribution in [-0.4, -0.2) is 47.4 Å². The van der Waals surface area contributed by atoms with Gasteiger partial charge >= 0.3 is 0 Å². The number of carbonyl (C=O) groups excluding carboxylic acids is 2. The molecule has 1 saturated heterocycles. The highest BCUT2D eigenvalue weighted by Crippen LogP contribution is 2.34. The Bertz CT molecular complexity index is 1110. The molecule has 3 heterocycles. The molecule has 7 nitrogen and oxygen atoms in total. The Morgan fingerprint density at radius 3 is 2.61 bits per heavy atom. The number of hydrogen-bond acceptors (Lipinski definition) is 5. The molecule has 31 heavy (non-hydrogen) atoms. The van der Waals surface area contributed by atoms with E-state index in [4.69, 9.17) is 9.15 Å². The first-order chi connectivity index (χ1) is 15.2. The van der Waals surface area contributed by atoms with Gasteiger partial charge in [-0.15, -0.1) is 0 Å². The first-order valence-electron chi connectivity index (χ1n) is 10.6. The van der Waals surface area contributed by atoms with Gasteiger partial charge in [-0.2, -0.15) is 0 Å². The SMILES string of the molecule is O=C(C1CN(C(=O)/C=C/c2nc3ccccc3o2)c2ccccc2O1)N1CCCCC1. The van der Waals surface area contributed by atoms with E-state index in [9.17, 15) is 9.59 Å². The topological polar surface area (TPSA) is 75.9 Å². The minimum atomic E-state index is -0.713. The number of aromatic nitrogens is 1. The van der Waals surface area contributed by atoms with Crippen LogP contribution in [0, 0.1) is 0 Å². The van der Waals surface area contributed by atoms with Crippen LogP contribution >= 0.6 is 0 Å². The van der Waals surface area contributed by atoms with Crippen LogP contribution < -0.4 is 9.64 Å². The monoisotopic (exact) mass is 417 g/mol. The minimum Gasteiger partial charge on any atom is -0.476 e. The lowest BCUT2D eigenvalue weighted by Gasteiger charge is -2.37. The van der Waals surface area contributed by atoms with Gasteiger partial charge in [0.1, 0.15) is 11.3 Å². The zero-order chi connectivity index (χ0) is 21.2. The molecule has 0 saturated carbocycles. The molecule has 2 aromatic carbocycles. The fourth-order valence-corrected chi connectivity index (χ4v) is 4.08. The van der Waals surface area contributed by atoms with Crippen molar-refractivity contribution in [2.24, 2.45) is 0 Å². The van der Waals surface area contributed by atoms with Gasteiger partial charge in [-0.1, -0.05) is 24.3 Å². The molecule has 7 heteroatoms. The Balaban J connectivity index is 1.38. The molecule has 5 rings (SSSR count). The third-order valence-corrected chi connectivity index (χ3v) is 5.66. The first kappa shape index (κ1) is 19.4. The van der Waals surface area contributed by atoms with E-state index < -0.39 is 6.10 Å². The van der Waals surface area contributed by atoms with Gasteiger partial charge in [-0.05, 0) is 43.5 Å². The lowest BCUT2D eigenvalue weighted by molar-refractivity contribution is -0.139. The van der Waals surface area contributed by atoms with Crippen LogP contribution in [0.5, 0.6) is 5.75 Å². The number of carbonyl (C=O) groups is 2. The number of fused-ring (bicyclic) bond motifs is 2. The second-order valence-corrected chi connectivity index (χ2v) is 7.76. The highest BCUT2D eigenvalue weighted by molar-refractivity contribution is 6.05. The summed E-state index contributed by atoms with van der Waals surface area (Å²) in [5, 5.41) is 0. The molecule has 2 amide bonds. The number of likely N-dealkylation sites (tertiary alicyclic amines) is 1. The lowest BCUT2D eigenvalue weighted by atomic mass is 10.1. The number of hydrogen-bond donors (Lipinski definition) is 0. The summed E-state index contributed by atoms with van der Waals surface area (Å²) in [5.41, 5.74) is 2.05. The van der Waals surface area contributed by atoms with Crippen molar-refractivity contribution in [3.8, 4) is 5.75 Å². The molecule has 2 aliphatic heterocycles. The molecule has 0 spiro atoms. The largest absolute Gasteiger partial charge is 0.476 e. The highest BCUT2D eigenvalue weighted by atomic mass is 16.5. The summed E-state index contributed by atoms with van der Waals surface area (Å²) >= 11 is 0. The number of piperidine rings is 1. The summed E-state index contributed by atoms with van der Waals surface area (Å²) in [6.07, 6.45) is 5.42. The lowest BCUT2D eigenvalue weighted by Crippen LogP contribution is -2.52. The normalized spacial score (nSPS) is 18.8. The molecule has 0 N–H and O–H groups in total. The van der Waals surface area contributed by atoms with E-state index in [-0.39, 0.29) is 18.4 Å². The number of benzene rings is 2. The molecular formula is C24H23N3O4. The summed E-state index contributed by atoms with van der Waals surface area (Å²) in [6.45, 7) is 1.65. The van der Waals surface area contributed by atoms with E-state index in [1.807, 2.05) is 47.4 Å². The number of amides is 2. The molecule has 1 unspecified atom stereocenters. The Kier molecular flexibility index (Phi) is 5.16. The van der Waals surface area contributed by atoms with E-state index in [0.717, 1.165) is 37.9 Å². The van der Waals surface area contributed by atoms with Crippen molar-refractivity contribution in [3.05, 3.63) is 60.5 Å². The molecule has 0 aliphatic carbocycles. The second kappa shape index (κ2) is 8.26. The van der Waals surface area contributed by atoms with E-state index >= 15 is 0 Å². The molecular weight excluding hydrogens is 394 g/mol. The summed E-state index contributed by atoms with van der Waals surface area (Å²) in [6, 6.07) is 14.7. The van der Waals surface area contributed by atoms with E-state index in [2.05, 4.69) is 4.98 Å². The average molecular weight is 417 g/mol. The molecule has 1 fully saturated rings. The van der Waals surface area contributed by atoms with Crippen LogP contribution in [0.25, 0.3) is 17.2 Å². The fourth-order valence-electron chi connectivity index (χ4n) is 4.08. The predicted molar refractivity (Wildman–Crippen MR) is 117 cm³/mol. The third-order valence-electron chi connectivity index (χ3n) is 5.66. The molecule has 2 aliphatic rings. The van der Waals surface area contributed by atoms with Gasteiger partial charge in [0.25, 0.3) is 11.8 Å². The van der Waals surface area contributed by atoms with Crippen molar-refractivity contribution in [2.75, 3.05) is 24.5 Å². The maximum Gasteiger partial charge on any atom is 0.265 e. The Hall–Kier alpha value is -3.61. The number of oxazole rings is 1. The number of para-hydroxylation sites is 4. The summed E-state index contributed by atoms with van der Waals surface area (Å²) in [5.74, 6) is 0.578. The zero-order valence-electron chi connectivity index (χ0n) is 17.1. The average Bonchev–Trinajstić information content (AvgIpc) is 3.25. The van der Waals surface area contributed by atoms with E-state index in [1.54, 1.807) is 17.0 Å². The fraction of sp³-hybridized carbons (Fsp3) is 0.292. The molecule has 1 aromatic heterocycles. The Morgan fingerprint density at radius 1 is 1.00 bits per heavy atom. The van der Waals surface area contributed by atoms with Crippen molar-refractivity contribution in [2.45, 2.75) is 25.4 Å². The summed E-state index contributed by atoms with van der Waals surface area (Å²) in [4.78, 5) is 33.9.